The van der Waals surface area contributed by atoms with Gasteiger partial charge in [-0.2, -0.15) is 0 Å². The molecule has 2 unspecified atom stereocenters. The fourth-order valence-electron chi connectivity index (χ4n) is 1.72. The van der Waals surface area contributed by atoms with Gasteiger partial charge in [-0.25, -0.2) is 0 Å². The highest BCUT2D eigenvalue weighted by atomic mass is 16.3. The first-order valence-corrected chi connectivity index (χ1v) is 4.54. The molecular weight excluding hydrogens is 150 g/mol. The Kier molecular flexibility index (Phi) is 2.59. The summed E-state index contributed by atoms with van der Waals surface area (Å²) >= 11 is 0. The van der Waals surface area contributed by atoms with Crippen molar-refractivity contribution in [2.24, 2.45) is 0 Å². The van der Waals surface area contributed by atoms with Crippen LogP contribution in [0.15, 0.2) is 12.2 Å². The number of piperidine rings is 1. The summed E-state index contributed by atoms with van der Waals surface area (Å²) in [6, 6.07) is 0.459. The zero-order valence-electron chi connectivity index (χ0n) is 8.30. The third-order valence-corrected chi connectivity index (χ3v) is 3.06. The smallest absolute Gasteiger partial charge is 0.0878 e. The van der Waals surface area contributed by atoms with Crippen LogP contribution in [0.2, 0.25) is 0 Å². The molecule has 0 aromatic carbocycles. The van der Waals surface area contributed by atoms with Crippen molar-refractivity contribution in [3.63, 3.8) is 0 Å². The summed E-state index contributed by atoms with van der Waals surface area (Å²) in [5, 5.41) is 10.1. The van der Waals surface area contributed by atoms with Crippen LogP contribution in [0, 0.1) is 0 Å². The van der Waals surface area contributed by atoms with Gasteiger partial charge in [0.15, 0.2) is 0 Å². The van der Waals surface area contributed by atoms with E-state index in [1.165, 1.54) is 0 Å². The van der Waals surface area contributed by atoms with Gasteiger partial charge >= 0.3 is 0 Å². The van der Waals surface area contributed by atoms with Crippen molar-refractivity contribution >= 4 is 0 Å². The van der Waals surface area contributed by atoms with E-state index in [9.17, 15) is 5.11 Å². The molecule has 70 valence electrons. The minimum atomic E-state index is -0.605. The summed E-state index contributed by atoms with van der Waals surface area (Å²) in [7, 11) is 2.10. The molecule has 2 heteroatoms. The Hall–Kier alpha value is -0.340. The molecule has 0 amide bonds. The van der Waals surface area contributed by atoms with E-state index in [4.69, 9.17) is 0 Å². The Labute approximate surface area is 74.9 Å². The third-order valence-electron chi connectivity index (χ3n) is 3.06. The predicted octanol–water partition coefficient (Wildman–Crippen LogP) is 1.41. The van der Waals surface area contributed by atoms with Crippen LogP contribution in [0.5, 0.6) is 0 Å². The summed E-state index contributed by atoms with van der Waals surface area (Å²) in [5.41, 5.74) is 0.300. The van der Waals surface area contributed by atoms with Crippen LogP contribution < -0.4 is 0 Å². The molecule has 12 heavy (non-hydrogen) atoms. The maximum atomic E-state index is 10.1. The first kappa shape index (κ1) is 9.75. The van der Waals surface area contributed by atoms with Crippen molar-refractivity contribution < 1.29 is 5.11 Å². The van der Waals surface area contributed by atoms with E-state index in [1.54, 1.807) is 0 Å². The molecule has 0 saturated carbocycles. The van der Waals surface area contributed by atoms with Crippen LogP contribution in [-0.4, -0.2) is 35.2 Å². The van der Waals surface area contributed by atoms with Crippen LogP contribution in [0.3, 0.4) is 0 Å². The molecule has 1 N–H and O–H groups in total. The van der Waals surface area contributed by atoms with Crippen LogP contribution in [0.1, 0.15) is 26.7 Å². The zero-order valence-corrected chi connectivity index (χ0v) is 8.30. The molecule has 1 fully saturated rings. The molecule has 0 spiro atoms. The zero-order chi connectivity index (χ0) is 9.35. The van der Waals surface area contributed by atoms with E-state index in [-0.39, 0.29) is 0 Å². The quantitative estimate of drug-likeness (QED) is 0.600. The Morgan fingerprint density at radius 3 is 2.67 bits per heavy atom. The number of likely N-dealkylation sites (tertiary alicyclic amines) is 1. The standard InChI is InChI=1S/C10H19NO/c1-8(2)10(12)5-6-11(4)9(3)7-10/h9,12H,1,5-7H2,2-4H3. The topological polar surface area (TPSA) is 23.5 Å². The summed E-state index contributed by atoms with van der Waals surface area (Å²) in [6.45, 7) is 8.86. The van der Waals surface area contributed by atoms with Gasteiger partial charge in [-0.3, -0.25) is 0 Å². The molecule has 1 saturated heterocycles. The molecule has 0 aromatic heterocycles. The predicted molar refractivity (Wildman–Crippen MR) is 51.1 cm³/mol. The largest absolute Gasteiger partial charge is 0.385 e. The van der Waals surface area contributed by atoms with Gasteiger partial charge in [-0.15, -0.1) is 0 Å². The second kappa shape index (κ2) is 3.19. The van der Waals surface area contributed by atoms with Gasteiger partial charge < -0.3 is 10.0 Å². The fraction of sp³-hybridized carbons (Fsp3) is 0.800. The highest BCUT2D eigenvalue weighted by Crippen LogP contribution is 2.30. The molecule has 2 nitrogen and oxygen atoms in total. The summed E-state index contributed by atoms with van der Waals surface area (Å²) in [4.78, 5) is 2.28. The number of aliphatic hydroxyl groups is 1. The maximum absolute atomic E-state index is 10.1. The second-order valence-corrected chi connectivity index (χ2v) is 4.10. The van der Waals surface area contributed by atoms with Gasteiger partial charge in [-0.05, 0) is 39.3 Å². The van der Waals surface area contributed by atoms with Gasteiger partial charge in [-0.1, -0.05) is 6.58 Å². The number of nitrogens with zero attached hydrogens (tertiary/aromatic N) is 1. The van der Waals surface area contributed by atoms with E-state index in [2.05, 4.69) is 25.5 Å². The number of hydrogen-bond acceptors (Lipinski definition) is 2. The van der Waals surface area contributed by atoms with E-state index in [1.807, 2.05) is 6.92 Å². The lowest BCUT2D eigenvalue weighted by Gasteiger charge is -2.41. The SMILES string of the molecule is C=C(C)C1(O)CCN(C)C(C)C1. The van der Waals surface area contributed by atoms with Crippen LogP contribution in [-0.2, 0) is 0 Å². The van der Waals surface area contributed by atoms with E-state index in [0.717, 1.165) is 25.0 Å². The van der Waals surface area contributed by atoms with E-state index >= 15 is 0 Å². The van der Waals surface area contributed by atoms with E-state index < -0.39 is 5.60 Å². The van der Waals surface area contributed by atoms with Gasteiger partial charge in [0, 0.05) is 12.6 Å². The van der Waals surface area contributed by atoms with Gasteiger partial charge in [0.1, 0.15) is 0 Å². The van der Waals surface area contributed by atoms with Gasteiger partial charge in [0.25, 0.3) is 0 Å². The number of hydrogen-bond donors (Lipinski definition) is 1. The summed E-state index contributed by atoms with van der Waals surface area (Å²) in [6.07, 6.45) is 1.64. The highest BCUT2D eigenvalue weighted by Gasteiger charge is 2.35. The Morgan fingerprint density at radius 2 is 2.25 bits per heavy atom. The monoisotopic (exact) mass is 169 g/mol. The molecule has 1 aliphatic heterocycles. The Balaban J connectivity index is 2.66. The second-order valence-electron chi connectivity index (χ2n) is 4.10. The molecule has 1 heterocycles. The van der Waals surface area contributed by atoms with Crippen molar-refractivity contribution in [2.45, 2.75) is 38.3 Å². The lowest BCUT2D eigenvalue weighted by molar-refractivity contribution is -0.00650. The molecule has 0 aliphatic carbocycles. The van der Waals surface area contributed by atoms with Crippen LogP contribution in [0.25, 0.3) is 0 Å². The van der Waals surface area contributed by atoms with E-state index in [0.29, 0.717) is 6.04 Å². The minimum Gasteiger partial charge on any atom is -0.385 e. The Morgan fingerprint density at radius 1 is 1.67 bits per heavy atom. The average molecular weight is 169 g/mol. The molecule has 0 aromatic rings. The first-order valence-electron chi connectivity index (χ1n) is 4.54. The molecule has 1 rings (SSSR count). The van der Waals surface area contributed by atoms with Crippen molar-refractivity contribution in [2.75, 3.05) is 13.6 Å². The Bertz CT molecular complexity index is 190. The minimum absolute atomic E-state index is 0.459. The number of rotatable bonds is 1. The molecule has 0 bridgehead atoms. The van der Waals surface area contributed by atoms with Crippen molar-refractivity contribution in [1.29, 1.82) is 0 Å². The van der Waals surface area contributed by atoms with Crippen LogP contribution in [0.4, 0.5) is 0 Å². The third kappa shape index (κ3) is 1.70. The van der Waals surface area contributed by atoms with Crippen LogP contribution >= 0.6 is 0 Å². The summed E-state index contributed by atoms with van der Waals surface area (Å²) in [5.74, 6) is 0. The molecule has 0 radical (unpaired) electrons. The molecular formula is C10H19NO. The molecule has 1 aliphatic rings. The van der Waals surface area contributed by atoms with Crippen molar-refractivity contribution in [3.05, 3.63) is 12.2 Å². The van der Waals surface area contributed by atoms with Gasteiger partial charge in [0.05, 0.1) is 5.60 Å². The normalized spacial score (nSPS) is 38.2. The lowest BCUT2D eigenvalue weighted by Crippen LogP contribution is -2.48. The highest BCUT2D eigenvalue weighted by molar-refractivity contribution is 5.12. The lowest BCUT2D eigenvalue weighted by atomic mass is 9.82. The molecule has 2 atom stereocenters. The average Bonchev–Trinajstić information content (AvgIpc) is 1.97. The summed E-state index contributed by atoms with van der Waals surface area (Å²) < 4.78 is 0. The van der Waals surface area contributed by atoms with Gasteiger partial charge in [0.2, 0.25) is 0 Å². The van der Waals surface area contributed by atoms with Crippen molar-refractivity contribution in [3.8, 4) is 0 Å². The van der Waals surface area contributed by atoms with Crippen molar-refractivity contribution in [1.82, 2.24) is 4.90 Å². The fourth-order valence-corrected chi connectivity index (χ4v) is 1.72. The first-order chi connectivity index (χ1) is 5.46. The maximum Gasteiger partial charge on any atom is 0.0878 e.